The first-order chi connectivity index (χ1) is 15.0. The molecule has 0 atom stereocenters. The number of anilines is 2. The number of piperidine rings is 1. The van der Waals surface area contributed by atoms with Crippen LogP contribution in [0.4, 0.5) is 16.3 Å². The Morgan fingerprint density at radius 2 is 1.90 bits per heavy atom. The first-order valence-electron chi connectivity index (χ1n) is 10.4. The highest BCUT2D eigenvalue weighted by atomic mass is 16.5. The maximum Gasteiger partial charge on any atom is 0.319 e. The van der Waals surface area contributed by atoms with Gasteiger partial charge in [0.2, 0.25) is 0 Å². The van der Waals surface area contributed by atoms with Gasteiger partial charge < -0.3 is 24.8 Å². The number of carbonyl (C=O) groups excluding carboxylic acids is 1. The van der Waals surface area contributed by atoms with Crippen molar-refractivity contribution in [2.75, 3.05) is 30.4 Å². The third kappa shape index (κ3) is 4.33. The van der Waals surface area contributed by atoms with Crippen LogP contribution in [0.1, 0.15) is 18.4 Å². The topological polar surface area (TPSA) is 88.5 Å². The summed E-state index contributed by atoms with van der Waals surface area (Å²) < 4.78 is 6.96. The molecule has 3 aromatic rings. The molecule has 1 aliphatic heterocycles. The van der Waals surface area contributed by atoms with Gasteiger partial charge in [0.15, 0.2) is 5.82 Å². The molecule has 0 saturated carbocycles. The van der Waals surface area contributed by atoms with E-state index in [1.807, 2.05) is 54.3 Å². The van der Waals surface area contributed by atoms with E-state index in [0.29, 0.717) is 30.3 Å². The standard InChI is InChI=1S/C23H27N5O3/c1-15-8-9-20(31-3)18(14-15)26-23(30)24-16-10-12-28(13-11-16)21-22(29)27(2)19-7-5-4-6-17(19)25-21/h4-9,14,16H,10-13H2,1-3H3,(H2,24,26,30). The number of aromatic nitrogens is 2. The Morgan fingerprint density at radius 3 is 2.65 bits per heavy atom. The Bertz CT molecular complexity index is 1170. The summed E-state index contributed by atoms with van der Waals surface area (Å²) in [5.41, 5.74) is 3.19. The zero-order valence-electron chi connectivity index (χ0n) is 18.0. The second kappa shape index (κ2) is 8.67. The molecule has 0 aliphatic carbocycles. The monoisotopic (exact) mass is 421 g/mol. The minimum absolute atomic E-state index is 0.0244. The van der Waals surface area contributed by atoms with Crippen LogP contribution in [-0.4, -0.2) is 41.8 Å². The van der Waals surface area contributed by atoms with E-state index < -0.39 is 0 Å². The molecule has 162 valence electrons. The number of urea groups is 1. The Morgan fingerprint density at radius 1 is 1.16 bits per heavy atom. The van der Waals surface area contributed by atoms with Crippen LogP contribution in [0.15, 0.2) is 47.3 Å². The number of amides is 2. The average molecular weight is 422 g/mol. The molecule has 2 N–H and O–H groups in total. The summed E-state index contributed by atoms with van der Waals surface area (Å²) in [4.78, 5) is 31.9. The van der Waals surface area contributed by atoms with Crippen molar-refractivity contribution in [1.82, 2.24) is 14.9 Å². The Labute approximate surface area is 180 Å². The molecular formula is C23H27N5O3. The predicted molar refractivity (Wildman–Crippen MR) is 122 cm³/mol. The van der Waals surface area contributed by atoms with Crippen LogP contribution in [0.25, 0.3) is 11.0 Å². The summed E-state index contributed by atoms with van der Waals surface area (Å²) in [6.45, 7) is 3.27. The van der Waals surface area contributed by atoms with Gasteiger partial charge in [-0.25, -0.2) is 9.78 Å². The summed E-state index contributed by atoms with van der Waals surface area (Å²) >= 11 is 0. The van der Waals surface area contributed by atoms with E-state index in [1.165, 1.54) is 0 Å². The third-order valence-electron chi connectivity index (χ3n) is 5.70. The zero-order chi connectivity index (χ0) is 22.0. The van der Waals surface area contributed by atoms with Gasteiger partial charge in [-0.05, 0) is 49.6 Å². The molecule has 0 bridgehead atoms. The normalized spacial score (nSPS) is 14.5. The molecule has 0 radical (unpaired) electrons. The summed E-state index contributed by atoms with van der Waals surface area (Å²) in [5, 5.41) is 5.90. The maximum atomic E-state index is 12.8. The number of nitrogens with one attached hydrogen (secondary N) is 2. The van der Waals surface area contributed by atoms with E-state index in [4.69, 9.17) is 4.74 Å². The molecule has 8 heteroatoms. The average Bonchev–Trinajstić information content (AvgIpc) is 2.77. The van der Waals surface area contributed by atoms with Gasteiger partial charge in [-0.2, -0.15) is 0 Å². The van der Waals surface area contributed by atoms with Gasteiger partial charge in [-0.15, -0.1) is 0 Å². The van der Waals surface area contributed by atoms with Crippen LogP contribution in [0, 0.1) is 6.92 Å². The van der Waals surface area contributed by atoms with Gasteiger partial charge in [-0.1, -0.05) is 18.2 Å². The minimum Gasteiger partial charge on any atom is -0.495 e. The minimum atomic E-state index is -0.262. The van der Waals surface area contributed by atoms with Crippen molar-refractivity contribution >= 4 is 28.6 Å². The first-order valence-corrected chi connectivity index (χ1v) is 10.4. The number of aryl methyl sites for hydroxylation is 2. The van der Waals surface area contributed by atoms with Crippen LogP contribution in [0.2, 0.25) is 0 Å². The molecule has 0 spiro atoms. The number of benzene rings is 2. The van der Waals surface area contributed by atoms with Gasteiger partial charge in [0.1, 0.15) is 5.75 Å². The van der Waals surface area contributed by atoms with E-state index in [0.717, 1.165) is 29.4 Å². The van der Waals surface area contributed by atoms with Gasteiger partial charge in [0.25, 0.3) is 5.56 Å². The van der Waals surface area contributed by atoms with Gasteiger partial charge in [0, 0.05) is 26.2 Å². The summed E-state index contributed by atoms with van der Waals surface area (Å²) in [6.07, 6.45) is 1.46. The molecule has 1 aromatic heterocycles. The predicted octanol–water partition coefficient (Wildman–Crippen LogP) is 3.04. The lowest BCUT2D eigenvalue weighted by molar-refractivity contribution is 0.246. The van der Waals surface area contributed by atoms with Crippen molar-refractivity contribution in [2.45, 2.75) is 25.8 Å². The zero-order valence-corrected chi connectivity index (χ0v) is 18.0. The highest BCUT2D eigenvalue weighted by Gasteiger charge is 2.24. The van der Waals surface area contributed by atoms with Crippen LogP contribution < -0.4 is 25.8 Å². The number of para-hydroxylation sites is 2. The lowest BCUT2D eigenvalue weighted by Crippen LogP contribution is -2.47. The van der Waals surface area contributed by atoms with Crippen LogP contribution in [0.3, 0.4) is 0 Å². The fourth-order valence-corrected chi connectivity index (χ4v) is 3.97. The SMILES string of the molecule is COc1ccc(C)cc1NC(=O)NC1CCN(c2nc3ccccc3n(C)c2=O)CC1. The number of rotatable bonds is 4. The lowest BCUT2D eigenvalue weighted by atomic mass is 10.1. The molecule has 1 fully saturated rings. The summed E-state index contributed by atoms with van der Waals surface area (Å²) in [6, 6.07) is 13.0. The van der Waals surface area contributed by atoms with E-state index >= 15 is 0 Å². The highest BCUT2D eigenvalue weighted by molar-refractivity contribution is 5.91. The fraction of sp³-hybridized carbons (Fsp3) is 0.348. The Hall–Kier alpha value is -3.55. The molecule has 2 amide bonds. The lowest BCUT2D eigenvalue weighted by Gasteiger charge is -2.33. The molecule has 0 unspecified atom stereocenters. The smallest absolute Gasteiger partial charge is 0.319 e. The fourth-order valence-electron chi connectivity index (χ4n) is 3.97. The highest BCUT2D eigenvalue weighted by Crippen LogP contribution is 2.25. The van der Waals surface area contributed by atoms with E-state index in [-0.39, 0.29) is 17.6 Å². The molecule has 4 rings (SSSR count). The van der Waals surface area contributed by atoms with Crippen LogP contribution in [-0.2, 0) is 7.05 Å². The largest absolute Gasteiger partial charge is 0.495 e. The number of hydrogen-bond acceptors (Lipinski definition) is 5. The molecule has 1 saturated heterocycles. The van der Waals surface area contributed by atoms with E-state index in [9.17, 15) is 9.59 Å². The number of hydrogen-bond donors (Lipinski definition) is 2. The summed E-state index contributed by atoms with van der Waals surface area (Å²) in [5.74, 6) is 1.09. The quantitative estimate of drug-likeness (QED) is 0.676. The van der Waals surface area contributed by atoms with E-state index in [1.54, 1.807) is 18.7 Å². The third-order valence-corrected chi connectivity index (χ3v) is 5.70. The Balaban J connectivity index is 1.40. The van der Waals surface area contributed by atoms with Crippen molar-refractivity contribution < 1.29 is 9.53 Å². The van der Waals surface area contributed by atoms with Crippen molar-refractivity contribution in [1.29, 1.82) is 0 Å². The van der Waals surface area contributed by atoms with Gasteiger partial charge in [0.05, 0.1) is 23.8 Å². The van der Waals surface area contributed by atoms with Gasteiger partial charge in [-0.3, -0.25) is 4.79 Å². The van der Waals surface area contributed by atoms with E-state index in [2.05, 4.69) is 15.6 Å². The van der Waals surface area contributed by atoms with Crippen LogP contribution >= 0.6 is 0 Å². The molecule has 8 nitrogen and oxygen atoms in total. The van der Waals surface area contributed by atoms with Crippen LogP contribution in [0.5, 0.6) is 5.75 Å². The molecular weight excluding hydrogens is 394 g/mol. The van der Waals surface area contributed by atoms with Crippen molar-refractivity contribution in [3.8, 4) is 5.75 Å². The maximum absolute atomic E-state index is 12.8. The molecule has 2 heterocycles. The molecule has 31 heavy (non-hydrogen) atoms. The number of methoxy groups -OCH3 is 1. The van der Waals surface area contributed by atoms with Crippen molar-refractivity contribution in [3.63, 3.8) is 0 Å². The van der Waals surface area contributed by atoms with Gasteiger partial charge >= 0.3 is 6.03 Å². The number of carbonyl (C=O) groups is 1. The summed E-state index contributed by atoms with van der Waals surface area (Å²) in [7, 11) is 3.35. The van der Waals surface area contributed by atoms with Crippen molar-refractivity contribution in [3.05, 3.63) is 58.4 Å². The number of nitrogens with zero attached hydrogens (tertiary/aromatic N) is 3. The first kappa shape index (κ1) is 20.7. The number of ether oxygens (including phenoxy) is 1. The van der Waals surface area contributed by atoms with Crippen molar-refractivity contribution in [2.24, 2.45) is 7.05 Å². The second-order valence-electron chi connectivity index (χ2n) is 7.85. The second-order valence-corrected chi connectivity index (χ2v) is 7.85. The molecule has 2 aromatic carbocycles. The number of fused-ring (bicyclic) bond motifs is 1. The Kier molecular flexibility index (Phi) is 5.79. The molecule has 1 aliphatic rings.